The third kappa shape index (κ3) is 5.59. The van der Waals surface area contributed by atoms with Gasteiger partial charge in [0.15, 0.2) is 10.2 Å². The topological polar surface area (TPSA) is 123 Å². The lowest BCUT2D eigenvalue weighted by atomic mass is 10.4. The molecule has 0 spiro atoms. The van der Waals surface area contributed by atoms with Crippen molar-refractivity contribution in [3.8, 4) is 0 Å². The van der Waals surface area contributed by atoms with E-state index in [0.717, 1.165) is 0 Å². The maximum Gasteiger partial charge on any atom is 0.307 e. The van der Waals surface area contributed by atoms with Crippen LogP contribution in [0.15, 0.2) is 16.6 Å². The van der Waals surface area contributed by atoms with E-state index >= 15 is 0 Å². The Morgan fingerprint density at radius 3 is 2.64 bits per heavy atom. The Bertz CT molecular complexity index is 931. The average molecular weight is 430 g/mol. The highest BCUT2D eigenvalue weighted by molar-refractivity contribution is 7.89. The third-order valence-corrected chi connectivity index (χ3v) is 6.07. The third-order valence-electron chi connectivity index (χ3n) is 3.83. The van der Waals surface area contributed by atoms with Crippen LogP contribution in [0.1, 0.15) is 31.8 Å². The first kappa shape index (κ1) is 22.0. The monoisotopic (exact) mass is 429 g/mol. The predicted molar refractivity (Wildman–Crippen MR) is 103 cm³/mol. The van der Waals surface area contributed by atoms with Crippen LogP contribution in [0.2, 0.25) is 0 Å². The van der Waals surface area contributed by atoms with Crippen LogP contribution in [0.3, 0.4) is 0 Å². The van der Waals surface area contributed by atoms with Crippen molar-refractivity contribution in [2.24, 2.45) is 7.05 Å². The number of nitrogens with zero attached hydrogens (tertiary/aromatic N) is 4. The van der Waals surface area contributed by atoms with Crippen molar-refractivity contribution in [3.05, 3.63) is 23.1 Å². The second-order valence-corrected chi connectivity index (χ2v) is 8.48. The van der Waals surface area contributed by atoms with Crippen LogP contribution >= 0.6 is 11.3 Å². The van der Waals surface area contributed by atoms with E-state index in [0.29, 0.717) is 23.2 Å². The normalized spacial score (nSPS) is 11.4. The van der Waals surface area contributed by atoms with Gasteiger partial charge < -0.3 is 9.30 Å². The Balaban J connectivity index is 1.80. The summed E-state index contributed by atoms with van der Waals surface area (Å²) in [6.45, 7) is 5.34. The van der Waals surface area contributed by atoms with Gasteiger partial charge in [-0.05, 0) is 13.8 Å². The van der Waals surface area contributed by atoms with Gasteiger partial charge in [0.2, 0.25) is 5.91 Å². The fraction of sp³-hybridized carbons (Fsp3) is 0.500. The number of hydrogen-bond acceptors (Lipinski definition) is 8. The van der Waals surface area contributed by atoms with Crippen molar-refractivity contribution < 1.29 is 22.7 Å². The molecule has 0 aliphatic rings. The number of aromatic nitrogens is 3. The number of rotatable bonds is 9. The number of amides is 1. The molecule has 10 nitrogen and oxygen atoms in total. The summed E-state index contributed by atoms with van der Waals surface area (Å²) in [6.07, 6.45) is 1.27. The summed E-state index contributed by atoms with van der Waals surface area (Å²) in [5.41, 5.74) is 0.526. The van der Waals surface area contributed by atoms with Gasteiger partial charge in [-0.15, -0.1) is 11.3 Å². The van der Waals surface area contributed by atoms with Gasteiger partial charge in [0.25, 0.3) is 10.0 Å². The van der Waals surface area contributed by atoms with E-state index in [1.54, 1.807) is 23.9 Å². The lowest BCUT2D eigenvalue weighted by Crippen LogP contribution is -2.27. The van der Waals surface area contributed by atoms with Crippen molar-refractivity contribution in [2.75, 3.05) is 18.0 Å². The van der Waals surface area contributed by atoms with Crippen LogP contribution in [0, 0.1) is 6.92 Å². The van der Waals surface area contributed by atoms with E-state index in [9.17, 15) is 18.0 Å². The van der Waals surface area contributed by atoms with Gasteiger partial charge in [-0.2, -0.15) is 0 Å². The molecule has 0 aliphatic heterocycles. The molecule has 12 heteroatoms. The van der Waals surface area contributed by atoms with Crippen molar-refractivity contribution in [2.45, 2.75) is 38.8 Å². The molecule has 2 aromatic heterocycles. The molecule has 2 rings (SSSR count). The number of imidazole rings is 1. The lowest BCUT2D eigenvalue weighted by Gasteiger charge is -2.14. The minimum Gasteiger partial charge on any atom is -0.459 e. The summed E-state index contributed by atoms with van der Waals surface area (Å²) in [7, 11) is -2.09. The molecule has 0 aliphatic carbocycles. The molecular formula is C16H23N5O5S2. The maximum atomic E-state index is 12.1. The molecule has 0 bridgehead atoms. The molecule has 0 radical (unpaired) electrons. The van der Waals surface area contributed by atoms with E-state index in [1.807, 2.05) is 6.92 Å². The van der Waals surface area contributed by atoms with Crippen LogP contribution in [0.5, 0.6) is 0 Å². The molecule has 0 saturated heterocycles. The van der Waals surface area contributed by atoms with Crippen molar-refractivity contribution in [1.29, 1.82) is 0 Å². The molecule has 2 aromatic rings. The maximum absolute atomic E-state index is 12.1. The van der Waals surface area contributed by atoms with Gasteiger partial charge in [-0.1, -0.05) is 0 Å². The van der Waals surface area contributed by atoms with Crippen LogP contribution in [-0.4, -0.2) is 47.9 Å². The van der Waals surface area contributed by atoms with Crippen molar-refractivity contribution >= 4 is 38.4 Å². The number of anilines is 1. The predicted octanol–water partition coefficient (Wildman–Crippen LogP) is 0.970. The number of carbonyl (C=O) groups is 2. The summed E-state index contributed by atoms with van der Waals surface area (Å²) in [4.78, 5) is 33.1. The molecular weight excluding hydrogens is 406 g/mol. The number of hydrogen-bond donors (Lipinski definition) is 1. The highest BCUT2D eigenvalue weighted by Gasteiger charge is 2.19. The summed E-state index contributed by atoms with van der Waals surface area (Å²) in [5, 5.41) is 2.15. The molecule has 0 aromatic carbocycles. The van der Waals surface area contributed by atoms with Crippen LogP contribution in [0.25, 0.3) is 0 Å². The van der Waals surface area contributed by atoms with Crippen molar-refractivity contribution in [3.63, 3.8) is 0 Å². The Kier molecular flexibility index (Phi) is 7.27. The minimum atomic E-state index is -3.78. The van der Waals surface area contributed by atoms with Gasteiger partial charge >= 0.3 is 5.97 Å². The van der Waals surface area contributed by atoms with Gasteiger partial charge in [0.1, 0.15) is 12.4 Å². The molecule has 0 fully saturated rings. The summed E-state index contributed by atoms with van der Waals surface area (Å²) in [6, 6.07) is 0. The summed E-state index contributed by atoms with van der Waals surface area (Å²) < 4.78 is 33.3. The summed E-state index contributed by atoms with van der Waals surface area (Å²) in [5.74, 6) is -0.113. The van der Waals surface area contributed by atoms with E-state index in [2.05, 4.69) is 14.7 Å². The smallest absolute Gasteiger partial charge is 0.307 e. The van der Waals surface area contributed by atoms with Crippen LogP contribution in [-0.2, 0) is 38.0 Å². The van der Waals surface area contributed by atoms with E-state index < -0.39 is 16.0 Å². The first-order valence-electron chi connectivity index (χ1n) is 8.51. The molecule has 2 heterocycles. The van der Waals surface area contributed by atoms with E-state index in [1.165, 1.54) is 29.4 Å². The number of esters is 1. The number of thiazole rings is 1. The van der Waals surface area contributed by atoms with Gasteiger partial charge in [-0.3, -0.25) is 14.5 Å². The first-order valence-corrected chi connectivity index (χ1v) is 10.9. The first-order chi connectivity index (χ1) is 13.1. The zero-order valence-corrected chi connectivity index (χ0v) is 17.8. The molecule has 1 amide bonds. The molecule has 28 heavy (non-hydrogen) atoms. The molecule has 0 saturated carbocycles. The Labute approximate surface area is 167 Å². The lowest BCUT2D eigenvalue weighted by molar-refractivity contribution is -0.144. The number of carbonyl (C=O) groups excluding carboxylic acids is 2. The van der Waals surface area contributed by atoms with Gasteiger partial charge in [-0.25, -0.2) is 23.1 Å². The summed E-state index contributed by atoms with van der Waals surface area (Å²) >= 11 is 1.29. The standard InChI is InChI=1S/C16H23N5O5S2/c1-5-21(12(3)22)16-19-13(10-27-16)9-26-15(23)6-7-17-28(24,25)14-8-20(4)11(2)18-14/h8,10,17H,5-7,9H2,1-4H3. The Hall–Kier alpha value is -2.31. The largest absolute Gasteiger partial charge is 0.459 e. The Morgan fingerprint density at radius 1 is 1.36 bits per heavy atom. The van der Waals surface area contributed by atoms with Gasteiger partial charge in [0, 0.05) is 38.6 Å². The number of sulfonamides is 1. The Morgan fingerprint density at radius 2 is 2.07 bits per heavy atom. The van der Waals surface area contributed by atoms with Crippen LogP contribution < -0.4 is 9.62 Å². The second kappa shape index (κ2) is 9.26. The quantitative estimate of drug-likeness (QED) is 0.589. The fourth-order valence-electron chi connectivity index (χ4n) is 2.22. The van der Waals surface area contributed by atoms with Gasteiger partial charge in [0.05, 0.1) is 12.1 Å². The van der Waals surface area contributed by atoms with Crippen molar-refractivity contribution in [1.82, 2.24) is 19.3 Å². The minimum absolute atomic E-state index is 0.0447. The zero-order valence-electron chi connectivity index (χ0n) is 16.1. The highest BCUT2D eigenvalue weighted by atomic mass is 32.2. The second-order valence-electron chi connectivity index (χ2n) is 5.93. The van der Waals surface area contributed by atoms with Crippen LogP contribution in [0.4, 0.5) is 5.13 Å². The zero-order chi connectivity index (χ0) is 20.9. The highest BCUT2D eigenvalue weighted by Crippen LogP contribution is 2.21. The number of aryl methyl sites for hydroxylation is 2. The number of nitrogens with one attached hydrogen (secondary N) is 1. The molecule has 0 atom stereocenters. The number of ether oxygens (including phenoxy) is 1. The molecule has 1 N–H and O–H groups in total. The SMILES string of the molecule is CCN(C(C)=O)c1nc(COC(=O)CCNS(=O)(=O)c2cn(C)c(C)n2)cs1. The van der Waals surface area contributed by atoms with E-state index in [4.69, 9.17) is 4.74 Å². The molecule has 154 valence electrons. The fourth-order valence-corrected chi connectivity index (χ4v) is 4.21. The van der Waals surface area contributed by atoms with E-state index in [-0.39, 0.29) is 30.5 Å². The molecule has 0 unspecified atom stereocenters. The average Bonchev–Trinajstić information content (AvgIpc) is 3.21.